The summed E-state index contributed by atoms with van der Waals surface area (Å²) in [6, 6.07) is 2.55. The van der Waals surface area contributed by atoms with Gasteiger partial charge >= 0.3 is 6.09 Å². The summed E-state index contributed by atoms with van der Waals surface area (Å²) in [6.07, 6.45) is 6.48. The van der Waals surface area contributed by atoms with Gasteiger partial charge in [-0.1, -0.05) is 0 Å². The second-order valence-corrected chi connectivity index (χ2v) is 7.84. The lowest BCUT2D eigenvalue weighted by Crippen LogP contribution is -2.41. The van der Waals surface area contributed by atoms with Gasteiger partial charge in [-0.05, 0) is 33.2 Å². The molecule has 4 rings (SSSR count). The van der Waals surface area contributed by atoms with E-state index in [4.69, 9.17) is 10.5 Å². The van der Waals surface area contributed by atoms with Crippen LogP contribution in [0.4, 0.5) is 16.6 Å². The average Bonchev–Trinajstić information content (AvgIpc) is 3.43. The van der Waals surface area contributed by atoms with Crippen molar-refractivity contribution in [2.75, 3.05) is 50.5 Å². The van der Waals surface area contributed by atoms with Crippen LogP contribution in [-0.4, -0.2) is 76.6 Å². The van der Waals surface area contributed by atoms with Gasteiger partial charge in [0, 0.05) is 50.0 Å². The van der Waals surface area contributed by atoms with Crippen molar-refractivity contribution in [2.45, 2.75) is 38.3 Å². The van der Waals surface area contributed by atoms with Gasteiger partial charge in [-0.3, -0.25) is 4.68 Å². The Morgan fingerprint density at radius 3 is 2.93 bits per heavy atom. The summed E-state index contributed by atoms with van der Waals surface area (Å²) >= 11 is 0. The first-order chi connectivity index (χ1) is 14.6. The highest BCUT2D eigenvalue weighted by atomic mass is 16.6. The molecule has 0 aromatic carbocycles. The zero-order valence-electron chi connectivity index (χ0n) is 17.6. The molecule has 162 valence electrons. The number of hydrogen-bond donors (Lipinski definition) is 2. The first kappa shape index (κ1) is 20.4. The molecule has 2 saturated heterocycles. The number of ether oxygens (including phenoxy) is 1. The molecule has 2 aromatic heterocycles. The van der Waals surface area contributed by atoms with Crippen molar-refractivity contribution in [2.24, 2.45) is 0 Å². The number of amides is 1. The maximum atomic E-state index is 12.1. The molecule has 0 aliphatic carbocycles. The number of piperidine rings is 1. The van der Waals surface area contributed by atoms with Gasteiger partial charge in [-0.15, -0.1) is 0 Å². The van der Waals surface area contributed by atoms with Crippen LogP contribution in [-0.2, 0) is 4.74 Å². The largest absolute Gasteiger partial charge is 0.450 e. The van der Waals surface area contributed by atoms with E-state index >= 15 is 0 Å². The van der Waals surface area contributed by atoms with Crippen molar-refractivity contribution in [1.29, 1.82) is 0 Å². The summed E-state index contributed by atoms with van der Waals surface area (Å²) in [6.45, 7) is 5.36. The Morgan fingerprint density at radius 1 is 1.30 bits per heavy atom. The molecule has 2 aromatic rings. The average molecular weight is 415 g/mol. The van der Waals surface area contributed by atoms with E-state index in [0.29, 0.717) is 19.2 Å². The fourth-order valence-electron chi connectivity index (χ4n) is 4.19. The molecule has 0 bridgehead atoms. The van der Waals surface area contributed by atoms with E-state index in [2.05, 4.69) is 25.3 Å². The van der Waals surface area contributed by atoms with E-state index in [0.717, 1.165) is 56.0 Å². The Morgan fingerprint density at radius 2 is 2.17 bits per heavy atom. The molecule has 0 saturated carbocycles. The number of nitrogen functional groups attached to an aromatic ring is 1. The maximum Gasteiger partial charge on any atom is 0.409 e. The van der Waals surface area contributed by atoms with Crippen molar-refractivity contribution in [3.63, 3.8) is 0 Å². The molecule has 0 spiro atoms. The molecule has 3 N–H and O–H groups in total. The number of aromatic nitrogens is 4. The zero-order chi connectivity index (χ0) is 21.1. The van der Waals surface area contributed by atoms with Gasteiger partial charge in [-0.2, -0.15) is 10.1 Å². The first-order valence-electron chi connectivity index (χ1n) is 10.6. The lowest BCUT2D eigenvalue weighted by molar-refractivity contribution is 0.0880. The molecule has 2 fully saturated rings. The minimum atomic E-state index is -0.256. The second kappa shape index (κ2) is 8.86. The minimum Gasteiger partial charge on any atom is -0.450 e. The van der Waals surface area contributed by atoms with Crippen molar-refractivity contribution in [1.82, 2.24) is 30.0 Å². The van der Waals surface area contributed by atoms with Crippen molar-refractivity contribution < 1.29 is 9.53 Å². The van der Waals surface area contributed by atoms with E-state index < -0.39 is 0 Å². The number of nitrogens with one attached hydrogen (secondary N) is 1. The van der Waals surface area contributed by atoms with Gasteiger partial charge < -0.3 is 25.6 Å². The number of carbonyl (C=O) groups excluding carboxylic acids is 1. The van der Waals surface area contributed by atoms with Crippen molar-refractivity contribution in [3.05, 3.63) is 18.5 Å². The molecule has 2 atom stereocenters. The third-order valence-electron chi connectivity index (χ3n) is 5.84. The van der Waals surface area contributed by atoms with Crippen molar-refractivity contribution in [3.8, 4) is 11.3 Å². The molecule has 2 aliphatic rings. The number of carbonyl (C=O) groups is 1. The molecule has 0 radical (unpaired) electrons. The van der Waals surface area contributed by atoms with Crippen molar-refractivity contribution >= 4 is 17.9 Å². The predicted molar refractivity (Wildman–Crippen MR) is 114 cm³/mol. The summed E-state index contributed by atoms with van der Waals surface area (Å²) in [5.41, 5.74) is 7.66. The van der Waals surface area contributed by atoms with Gasteiger partial charge in [-0.25, -0.2) is 9.78 Å². The molecule has 10 nitrogen and oxygen atoms in total. The SMILES string of the molecule is CCOC(=O)N1CCCC(n2cc(-c3cc(N4CC[C@@H](NC)C4)nc(N)n3)cn2)C1. The number of likely N-dealkylation sites (tertiary alicyclic amines) is 1. The zero-order valence-corrected chi connectivity index (χ0v) is 17.6. The van der Waals surface area contributed by atoms with Crippen LogP contribution in [0.15, 0.2) is 18.5 Å². The smallest absolute Gasteiger partial charge is 0.409 e. The Bertz CT molecular complexity index is 885. The van der Waals surface area contributed by atoms with Crippen LogP contribution < -0.4 is 16.0 Å². The van der Waals surface area contributed by atoms with Crippen LogP contribution in [0.5, 0.6) is 0 Å². The Labute approximate surface area is 176 Å². The van der Waals surface area contributed by atoms with E-state index in [1.165, 1.54) is 0 Å². The fourth-order valence-corrected chi connectivity index (χ4v) is 4.19. The number of likely N-dealkylation sites (N-methyl/N-ethyl adjacent to an activating group) is 1. The quantitative estimate of drug-likeness (QED) is 0.757. The molecular weight excluding hydrogens is 384 g/mol. The number of anilines is 2. The van der Waals surface area contributed by atoms with E-state index in [1.807, 2.05) is 30.9 Å². The number of rotatable bonds is 5. The Balaban J connectivity index is 1.50. The fraction of sp³-hybridized carbons (Fsp3) is 0.600. The number of nitrogens with zero attached hydrogens (tertiary/aromatic N) is 6. The van der Waals surface area contributed by atoms with Gasteiger partial charge in [0.1, 0.15) is 5.82 Å². The summed E-state index contributed by atoms with van der Waals surface area (Å²) in [7, 11) is 1.98. The summed E-state index contributed by atoms with van der Waals surface area (Å²) in [5, 5.41) is 7.87. The first-order valence-corrected chi connectivity index (χ1v) is 10.6. The number of nitrogens with two attached hydrogens (primary N) is 1. The maximum absolute atomic E-state index is 12.1. The standard InChI is InChI=1S/C20H30N8O2/c1-3-30-20(29)27-7-4-5-16(13-27)28-11-14(10-23-28)17-9-18(25-19(21)24-17)26-8-6-15(12-26)22-2/h9-11,15-16,22H,3-8,12-13H2,1-2H3,(H2,21,24,25)/t15-,16?/m1/s1. The minimum absolute atomic E-state index is 0.116. The van der Waals surface area contributed by atoms with Crippen LogP contribution in [0.3, 0.4) is 0 Å². The lowest BCUT2D eigenvalue weighted by Gasteiger charge is -2.32. The lowest BCUT2D eigenvalue weighted by atomic mass is 10.1. The van der Waals surface area contributed by atoms with Crippen LogP contribution in [0, 0.1) is 0 Å². The van der Waals surface area contributed by atoms with Gasteiger partial charge in [0.25, 0.3) is 0 Å². The molecule has 10 heteroatoms. The van der Waals surface area contributed by atoms with E-state index in [-0.39, 0.29) is 18.1 Å². The second-order valence-electron chi connectivity index (χ2n) is 7.84. The predicted octanol–water partition coefficient (Wildman–Crippen LogP) is 1.51. The third-order valence-corrected chi connectivity index (χ3v) is 5.84. The van der Waals surface area contributed by atoms with Crippen LogP contribution in [0.1, 0.15) is 32.2 Å². The summed E-state index contributed by atoms with van der Waals surface area (Å²) in [5.74, 6) is 1.10. The van der Waals surface area contributed by atoms with Gasteiger partial charge in [0.2, 0.25) is 5.95 Å². The Kier molecular flexibility index (Phi) is 6.03. The molecule has 4 heterocycles. The number of hydrogen-bond acceptors (Lipinski definition) is 8. The highest BCUT2D eigenvalue weighted by molar-refractivity contribution is 5.67. The van der Waals surface area contributed by atoms with Crippen LogP contribution >= 0.6 is 0 Å². The van der Waals surface area contributed by atoms with Crippen LogP contribution in [0.25, 0.3) is 11.3 Å². The summed E-state index contributed by atoms with van der Waals surface area (Å²) < 4.78 is 7.07. The molecule has 30 heavy (non-hydrogen) atoms. The van der Waals surface area contributed by atoms with Crippen LogP contribution in [0.2, 0.25) is 0 Å². The highest BCUT2D eigenvalue weighted by Crippen LogP contribution is 2.27. The molecule has 2 aliphatic heterocycles. The molecule has 1 unspecified atom stereocenters. The van der Waals surface area contributed by atoms with E-state index in [9.17, 15) is 4.79 Å². The van der Waals surface area contributed by atoms with Gasteiger partial charge in [0.05, 0.1) is 24.5 Å². The normalized spacial score (nSPS) is 21.8. The monoisotopic (exact) mass is 414 g/mol. The highest BCUT2D eigenvalue weighted by Gasteiger charge is 2.27. The van der Waals surface area contributed by atoms with Gasteiger partial charge in [0.15, 0.2) is 0 Å². The summed E-state index contributed by atoms with van der Waals surface area (Å²) in [4.78, 5) is 24.9. The van der Waals surface area contributed by atoms with E-state index in [1.54, 1.807) is 11.1 Å². The third kappa shape index (κ3) is 4.33. The Hall–Kier alpha value is -2.88. The molecule has 1 amide bonds. The molecular formula is C20H30N8O2. The topological polar surface area (TPSA) is 114 Å².